The summed E-state index contributed by atoms with van der Waals surface area (Å²) in [6.07, 6.45) is 0.451. The van der Waals surface area contributed by atoms with Gasteiger partial charge in [0.05, 0.1) is 12.5 Å². The minimum Gasteiger partial charge on any atom is -0.377 e. The molecule has 2 aromatic carbocycles. The summed E-state index contributed by atoms with van der Waals surface area (Å²) in [5.74, 6) is 0.121. The quantitative estimate of drug-likeness (QED) is 0.739. The van der Waals surface area contributed by atoms with E-state index < -0.39 is 0 Å². The molecule has 5 heteroatoms. The van der Waals surface area contributed by atoms with Crippen LogP contribution in [0, 0.1) is 3.57 Å². The minimum absolute atomic E-state index is 0.0143. The smallest absolute Gasteiger partial charge is 0.229 e. The van der Waals surface area contributed by atoms with Crippen LogP contribution in [0.1, 0.15) is 18.0 Å². The van der Waals surface area contributed by atoms with Gasteiger partial charge in [-0.2, -0.15) is 0 Å². The highest BCUT2D eigenvalue weighted by Gasteiger charge is 2.28. The van der Waals surface area contributed by atoms with E-state index in [-0.39, 0.29) is 11.9 Å². The maximum atomic E-state index is 12.2. The highest BCUT2D eigenvalue weighted by molar-refractivity contribution is 14.1. The molecule has 0 aliphatic carbocycles. The maximum Gasteiger partial charge on any atom is 0.229 e. The molecule has 1 unspecified atom stereocenters. The molecule has 21 heavy (non-hydrogen) atoms. The molecule has 1 aliphatic rings. The van der Waals surface area contributed by atoms with Gasteiger partial charge in [0.1, 0.15) is 0 Å². The van der Waals surface area contributed by atoms with E-state index in [0.717, 1.165) is 20.5 Å². The van der Waals surface area contributed by atoms with Crippen molar-refractivity contribution in [2.24, 2.45) is 0 Å². The molecule has 0 saturated heterocycles. The lowest BCUT2D eigenvalue weighted by molar-refractivity contribution is -0.118. The maximum absolute atomic E-state index is 12.2. The van der Waals surface area contributed by atoms with E-state index in [0.29, 0.717) is 11.4 Å². The van der Waals surface area contributed by atoms with Gasteiger partial charge in [-0.3, -0.25) is 4.79 Å². The van der Waals surface area contributed by atoms with Gasteiger partial charge in [0, 0.05) is 27.0 Å². The van der Waals surface area contributed by atoms with Gasteiger partial charge in [0.15, 0.2) is 0 Å². The fraction of sp³-hybridized carbons (Fsp3) is 0.188. The van der Waals surface area contributed by atoms with Crippen LogP contribution in [0.4, 0.5) is 11.4 Å². The summed E-state index contributed by atoms with van der Waals surface area (Å²) in [5, 5.41) is 4.18. The number of nitrogens with one attached hydrogen (secondary N) is 1. The number of benzene rings is 2. The number of carbonyl (C=O) groups excluding carboxylic acids is 1. The van der Waals surface area contributed by atoms with Crippen molar-refractivity contribution in [2.45, 2.75) is 12.5 Å². The zero-order valence-corrected chi connectivity index (χ0v) is 14.4. The van der Waals surface area contributed by atoms with E-state index in [1.54, 1.807) is 4.90 Å². The molecule has 3 nitrogen and oxygen atoms in total. The van der Waals surface area contributed by atoms with Crippen LogP contribution < -0.4 is 10.2 Å². The Hall–Kier alpha value is -1.27. The second kappa shape index (κ2) is 5.85. The van der Waals surface area contributed by atoms with Gasteiger partial charge in [-0.1, -0.05) is 29.8 Å². The molecular weight excluding hydrogens is 399 g/mol. The summed E-state index contributed by atoms with van der Waals surface area (Å²) in [7, 11) is 1.82. The van der Waals surface area contributed by atoms with Crippen LogP contribution in [0.15, 0.2) is 42.5 Å². The van der Waals surface area contributed by atoms with Crippen molar-refractivity contribution in [1.29, 1.82) is 0 Å². The Balaban J connectivity index is 1.96. The number of hydrogen-bond acceptors (Lipinski definition) is 2. The highest BCUT2D eigenvalue weighted by Crippen LogP contribution is 2.36. The Morgan fingerprint density at radius 1 is 1.29 bits per heavy atom. The first-order valence-electron chi connectivity index (χ1n) is 6.63. The van der Waals surface area contributed by atoms with E-state index in [2.05, 4.69) is 34.0 Å². The Bertz CT molecular complexity index is 704. The van der Waals surface area contributed by atoms with E-state index in [1.807, 2.05) is 43.4 Å². The van der Waals surface area contributed by atoms with Crippen LogP contribution in [-0.2, 0) is 4.79 Å². The Morgan fingerprint density at radius 3 is 2.81 bits per heavy atom. The minimum atomic E-state index is -0.0143. The second-order valence-electron chi connectivity index (χ2n) is 5.04. The topological polar surface area (TPSA) is 32.3 Å². The van der Waals surface area contributed by atoms with Crippen molar-refractivity contribution in [3.63, 3.8) is 0 Å². The van der Waals surface area contributed by atoms with Gasteiger partial charge < -0.3 is 10.2 Å². The molecule has 0 bridgehead atoms. The first-order chi connectivity index (χ1) is 10.1. The summed E-state index contributed by atoms with van der Waals surface area (Å²) in [6.45, 7) is 0. The second-order valence-corrected chi connectivity index (χ2v) is 6.64. The summed E-state index contributed by atoms with van der Waals surface area (Å²) in [6, 6.07) is 13.7. The van der Waals surface area contributed by atoms with Gasteiger partial charge in [0.2, 0.25) is 5.91 Å². The molecule has 1 N–H and O–H groups in total. The van der Waals surface area contributed by atoms with E-state index in [9.17, 15) is 4.79 Å². The van der Waals surface area contributed by atoms with Crippen molar-refractivity contribution in [3.05, 3.63) is 56.6 Å². The molecule has 0 saturated carbocycles. The molecule has 0 radical (unpaired) electrons. The first-order valence-corrected chi connectivity index (χ1v) is 8.09. The number of fused-ring (bicyclic) bond motifs is 1. The molecule has 2 aromatic rings. The van der Waals surface area contributed by atoms with Crippen LogP contribution >= 0.6 is 34.2 Å². The van der Waals surface area contributed by atoms with Gasteiger partial charge in [-0.15, -0.1) is 0 Å². The molecular formula is C16H14ClIN2O. The molecule has 1 aliphatic heterocycles. The molecule has 0 fully saturated rings. The van der Waals surface area contributed by atoms with Crippen molar-refractivity contribution < 1.29 is 4.79 Å². The third-order valence-electron chi connectivity index (χ3n) is 3.69. The van der Waals surface area contributed by atoms with E-state index in [4.69, 9.17) is 11.6 Å². The first kappa shape index (κ1) is 14.7. The van der Waals surface area contributed by atoms with Gasteiger partial charge >= 0.3 is 0 Å². The predicted molar refractivity (Wildman–Crippen MR) is 95.0 cm³/mol. The zero-order valence-electron chi connectivity index (χ0n) is 11.4. The monoisotopic (exact) mass is 412 g/mol. The summed E-state index contributed by atoms with van der Waals surface area (Å²) >= 11 is 8.24. The number of para-hydroxylation sites is 1. The number of nitrogens with zero attached hydrogens (tertiary/aromatic N) is 1. The molecule has 108 valence electrons. The fourth-order valence-electron chi connectivity index (χ4n) is 2.57. The largest absolute Gasteiger partial charge is 0.377 e. The average Bonchev–Trinajstić information content (AvgIpc) is 2.47. The van der Waals surface area contributed by atoms with Crippen LogP contribution in [0.3, 0.4) is 0 Å². The molecule has 1 amide bonds. The molecule has 0 aromatic heterocycles. The standard InChI is InChI=1S/C16H14ClIN2O/c1-20-15-5-3-2-4-11(15)14(9-16(20)21)19-13-7-6-10(17)8-12(13)18/h2-8,14,19H,9H2,1H3. The van der Waals surface area contributed by atoms with Crippen LogP contribution in [0.25, 0.3) is 0 Å². The van der Waals surface area contributed by atoms with Gasteiger partial charge in [-0.05, 0) is 52.4 Å². The summed E-state index contributed by atoms with van der Waals surface area (Å²) in [4.78, 5) is 13.9. The number of amides is 1. The lowest BCUT2D eigenvalue weighted by atomic mass is 9.96. The third-order valence-corrected chi connectivity index (χ3v) is 4.81. The van der Waals surface area contributed by atoms with Gasteiger partial charge in [-0.25, -0.2) is 0 Å². The average molecular weight is 413 g/mol. The Morgan fingerprint density at radius 2 is 2.05 bits per heavy atom. The SMILES string of the molecule is CN1C(=O)CC(Nc2ccc(Cl)cc2I)c2ccccc21. The van der Waals surface area contributed by atoms with Crippen molar-refractivity contribution >= 4 is 51.5 Å². The highest BCUT2D eigenvalue weighted by atomic mass is 127. The van der Waals surface area contributed by atoms with Crippen molar-refractivity contribution in [1.82, 2.24) is 0 Å². The summed E-state index contributed by atoms with van der Waals surface area (Å²) < 4.78 is 1.05. The van der Waals surface area contributed by atoms with Crippen LogP contribution in [0.5, 0.6) is 0 Å². The Labute approximate surface area is 142 Å². The Kier molecular flexibility index (Phi) is 4.08. The van der Waals surface area contributed by atoms with E-state index >= 15 is 0 Å². The van der Waals surface area contributed by atoms with Gasteiger partial charge in [0.25, 0.3) is 0 Å². The zero-order chi connectivity index (χ0) is 15.0. The lowest BCUT2D eigenvalue weighted by Crippen LogP contribution is -2.35. The number of carbonyl (C=O) groups is 1. The number of halogens is 2. The molecule has 1 heterocycles. The summed E-state index contributed by atoms with van der Waals surface area (Å²) in [5.41, 5.74) is 3.11. The molecule has 0 spiro atoms. The number of hydrogen-bond donors (Lipinski definition) is 1. The van der Waals surface area contributed by atoms with Crippen LogP contribution in [0.2, 0.25) is 5.02 Å². The van der Waals surface area contributed by atoms with Crippen molar-refractivity contribution in [3.8, 4) is 0 Å². The number of rotatable bonds is 2. The number of anilines is 2. The van der Waals surface area contributed by atoms with Crippen LogP contribution in [-0.4, -0.2) is 13.0 Å². The van der Waals surface area contributed by atoms with E-state index in [1.165, 1.54) is 0 Å². The third kappa shape index (κ3) is 2.87. The lowest BCUT2D eigenvalue weighted by Gasteiger charge is -2.32. The normalized spacial score (nSPS) is 17.6. The predicted octanol–water partition coefficient (Wildman–Crippen LogP) is 4.46. The molecule has 3 rings (SSSR count). The fourth-order valence-corrected chi connectivity index (χ4v) is 3.59. The molecule has 1 atom stereocenters. The van der Waals surface area contributed by atoms with Crippen molar-refractivity contribution in [2.75, 3.05) is 17.3 Å².